The first-order valence-electron chi connectivity index (χ1n) is 5.02. The van der Waals surface area contributed by atoms with Crippen molar-refractivity contribution in [1.29, 1.82) is 0 Å². The zero-order chi connectivity index (χ0) is 13.3. The third-order valence-electron chi connectivity index (χ3n) is 2.55. The fourth-order valence-electron chi connectivity index (χ4n) is 1.71. The predicted molar refractivity (Wildman–Crippen MR) is 59.7 cm³/mol. The van der Waals surface area contributed by atoms with E-state index in [1.807, 2.05) is 0 Å². The summed E-state index contributed by atoms with van der Waals surface area (Å²) in [7, 11) is 1.09. The van der Waals surface area contributed by atoms with Gasteiger partial charge < -0.3 is 9.84 Å². The smallest absolute Gasteiger partial charge is 0.358 e. The summed E-state index contributed by atoms with van der Waals surface area (Å²) in [6, 6.07) is 6.16. The number of nitrogens with zero attached hydrogens (tertiary/aromatic N) is 1. The Labute approximate surface area is 102 Å². The Morgan fingerprint density at radius 2 is 1.72 bits per heavy atom. The number of rotatable bonds is 2. The van der Waals surface area contributed by atoms with E-state index in [2.05, 4.69) is 4.74 Å². The molecule has 2 rings (SSSR count). The Hall–Kier alpha value is -2.63. The molecule has 6 nitrogen and oxygen atoms in total. The van der Waals surface area contributed by atoms with Crippen molar-refractivity contribution in [3.05, 3.63) is 47.4 Å². The molecule has 0 saturated heterocycles. The molecule has 0 unspecified atom stereocenters. The molecule has 0 spiro atoms. The van der Waals surface area contributed by atoms with Gasteiger partial charge in [-0.2, -0.15) is 0 Å². The van der Waals surface area contributed by atoms with Crippen molar-refractivity contribution in [2.24, 2.45) is 0 Å². The molecule has 1 aliphatic heterocycles. The van der Waals surface area contributed by atoms with Gasteiger partial charge in [-0.25, -0.2) is 9.69 Å². The zero-order valence-electron chi connectivity index (χ0n) is 9.41. The molecular weight excluding hydrogens is 238 g/mol. The maximum Gasteiger partial charge on any atom is 0.358 e. The van der Waals surface area contributed by atoms with Crippen molar-refractivity contribution >= 4 is 17.8 Å². The van der Waals surface area contributed by atoms with Gasteiger partial charge in [0, 0.05) is 0 Å². The molecule has 0 aromatic heterocycles. The maximum absolute atomic E-state index is 12.0. The average Bonchev–Trinajstić information content (AvgIpc) is 2.65. The molecule has 0 bridgehead atoms. The van der Waals surface area contributed by atoms with Crippen LogP contribution < -0.4 is 0 Å². The highest BCUT2D eigenvalue weighted by Crippen LogP contribution is 2.26. The van der Waals surface area contributed by atoms with Crippen molar-refractivity contribution in [1.82, 2.24) is 4.90 Å². The Morgan fingerprint density at radius 1 is 1.22 bits per heavy atom. The van der Waals surface area contributed by atoms with Crippen molar-refractivity contribution in [2.75, 3.05) is 7.11 Å². The van der Waals surface area contributed by atoms with E-state index in [9.17, 15) is 14.4 Å². The van der Waals surface area contributed by atoms with Gasteiger partial charge in [-0.15, -0.1) is 0 Å². The number of aliphatic hydroxyl groups excluding tert-OH is 1. The van der Waals surface area contributed by atoms with Crippen molar-refractivity contribution in [2.45, 2.75) is 0 Å². The third-order valence-corrected chi connectivity index (χ3v) is 2.55. The fourth-order valence-corrected chi connectivity index (χ4v) is 1.71. The Morgan fingerprint density at radius 3 is 2.11 bits per heavy atom. The van der Waals surface area contributed by atoms with Crippen LogP contribution in [0.5, 0.6) is 0 Å². The minimum absolute atomic E-state index is 0.186. The molecule has 92 valence electrons. The van der Waals surface area contributed by atoms with Crippen LogP contribution in [0.3, 0.4) is 0 Å². The third kappa shape index (κ3) is 1.55. The van der Waals surface area contributed by atoms with Crippen molar-refractivity contribution < 1.29 is 24.2 Å². The number of aliphatic hydroxyl groups is 1. The van der Waals surface area contributed by atoms with Crippen LogP contribution in [-0.4, -0.2) is 34.9 Å². The molecule has 0 radical (unpaired) electrons. The monoisotopic (exact) mass is 247 g/mol. The standard InChI is InChI=1S/C12H9NO5/c1-18-12(17)9(6-14)13-10(15)7-4-2-3-5-8(7)11(13)16/h2-6,14H,1H3/b9-6-. The summed E-state index contributed by atoms with van der Waals surface area (Å²) in [6.45, 7) is 0. The molecule has 0 aliphatic carbocycles. The molecule has 1 aromatic carbocycles. The van der Waals surface area contributed by atoms with Gasteiger partial charge in [0.05, 0.1) is 18.2 Å². The average molecular weight is 247 g/mol. The molecule has 18 heavy (non-hydrogen) atoms. The Bertz CT molecular complexity index is 541. The molecule has 0 fully saturated rings. The SMILES string of the molecule is COC(=O)/C(=C/O)N1C(=O)c2ccccc2C1=O. The highest BCUT2D eigenvalue weighted by atomic mass is 16.5. The molecule has 0 atom stereocenters. The van der Waals surface area contributed by atoms with E-state index in [-0.39, 0.29) is 11.1 Å². The van der Waals surface area contributed by atoms with Crippen LogP contribution in [0.25, 0.3) is 0 Å². The summed E-state index contributed by atoms with van der Waals surface area (Å²) in [4.78, 5) is 35.9. The zero-order valence-corrected chi connectivity index (χ0v) is 9.41. The second kappa shape index (κ2) is 4.33. The lowest BCUT2D eigenvalue weighted by molar-refractivity contribution is -0.137. The minimum atomic E-state index is -0.966. The van der Waals surface area contributed by atoms with Crippen LogP contribution in [0.4, 0.5) is 0 Å². The molecular formula is C12H9NO5. The number of amides is 2. The summed E-state index contributed by atoms with van der Waals surface area (Å²) < 4.78 is 4.40. The number of hydrogen-bond donors (Lipinski definition) is 1. The molecule has 6 heteroatoms. The number of carbonyl (C=O) groups excluding carboxylic acids is 3. The number of hydrogen-bond acceptors (Lipinski definition) is 5. The predicted octanol–water partition coefficient (Wildman–Crippen LogP) is 0.855. The maximum atomic E-state index is 12.0. The number of carbonyl (C=O) groups is 3. The largest absolute Gasteiger partial charge is 0.513 e. The van der Waals surface area contributed by atoms with Gasteiger partial charge in [-0.05, 0) is 12.1 Å². The lowest BCUT2D eigenvalue weighted by Crippen LogP contribution is -2.33. The number of esters is 1. The van der Waals surface area contributed by atoms with Gasteiger partial charge in [-0.1, -0.05) is 12.1 Å². The number of imide groups is 1. The van der Waals surface area contributed by atoms with Gasteiger partial charge >= 0.3 is 5.97 Å². The number of ether oxygens (including phenoxy) is 1. The molecule has 2 amide bonds. The lowest BCUT2D eigenvalue weighted by Gasteiger charge is -2.14. The first-order chi connectivity index (χ1) is 8.61. The fraction of sp³-hybridized carbons (Fsp3) is 0.0833. The van der Waals surface area contributed by atoms with E-state index in [4.69, 9.17) is 5.11 Å². The summed E-state index contributed by atoms with van der Waals surface area (Å²) in [6.07, 6.45) is 0.382. The van der Waals surface area contributed by atoms with E-state index >= 15 is 0 Å². The second-order valence-corrected chi connectivity index (χ2v) is 3.50. The van der Waals surface area contributed by atoms with E-state index < -0.39 is 23.5 Å². The Kier molecular flexibility index (Phi) is 2.85. The first-order valence-corrected chi connectivity index (χ1v) is 5.02. The van der Waals surface area contributed by atoms with Crippen molar-refractivity contribution in [3.8, 4) is 0 Å². The molecule has 0 saturated carbocycles. The number of fused-ring (bicyclic) bond motifs is 1. The summed E-state index contributed by atoms with van der Waals surface area (Å²) in [5.74, 6) is -2.30. The van der Waals surface area contributed by atoms with E-state index in [1.54, 1.807) is 12.1 Å². The normalized spacial score (nSPS) is 14.7. The number of methoxy groups -OCH3 is 1. The summed E-state index contributed by atoms with van der Waals surface area (Å²) >= 11 is 0. The molecule has 1 heterocycles. The quantitative estimate of drug-likeness (QED) is 0.362. The minimum Gasteiger partial charge on any atom is -0.513 e. The molecule has 1 aromatic rings. The van der Waals surface area contributed by atoms with Gasteiger partial charge in [0.2, 0.25) is 0 Å². The van der Waals surface area contributed by atoms with Gasteiger partial charge in [-0.3, -0.25) is 9.59 Å². The Balaban J connectivity index is 2.49. The highest BCUT2D eigenvalue weighted by Gasteiger charge is 2.40. The van der Waals surface area contributed by atoms with Gasteiger partial charge in [0.25, 0.3) is 11.8 Å². The lowest BCUT2D eigenvalue weighted by atomic mass is 10.1. The van der Waals surface area contributed by atoms with Crippen LogP contribution in [-0.2, 0) is 9.53 Å². The van der Waals surface area contributed by atoms with E-state index in [0.717, 1.165) is 7.11 Å². The van der Waals surface area contributed by atoms with Gasteiger partial charge in [0.1, 0.15) is 6.26 Å². The summed E-state index contributed by atoms with van der Waals surface area (Å²) in [5.41, 5.74) is -0.139. The van der Waals surface area contributed by atoms with Crippen LogP contribution in [0.1, 0.15) is 20.7 Å². The van der Waals surface area contributed by atoms with Crippen LogP contribution in [0, 0.1) is 0 Å². The van der Waals surface area contributed by atoms with Crippen LogP contribution >= 0.6 is 0 Å². The van der Waals surface area contributed by atoms with E-state index in [0.29, 0.717) is 11.2 Å². The molecule has 1 N–H and O–H groups in total. The van der Waals surface area contributed by atoms with Gasteiger partial charge in [0.15, 0.2) is 5.70 Å². The summed E-state index contributed by atoms with van der Waals surface area (Å²) in [5, 5.41) is 8.99. The molecule has 1 aliphatic rings. The van der Waals surface area contributed by atoms with E-state index in [1.165, 1.54) is 12.1 Å². The van der Waals surface area contributed by atoms with Crippen LogP contribution in [0.2, 0.25) is 0 Å². The first kappa shape index (κ1) is 11.8. The topological polar surface area (TPSA) is 83.9 Å². The second-order valence-electron chi connectivity index (χ2n) is 3.50. The van der Waals surface area contributed by atoms with Crippen molar-refractivity contribution in [3.63, 3.8) is 0 Å². The highest BCUT2D eigenvalue weighted by molar-refractivity contribution is 6.24. The number of benzene rings is 1. The van der Waals surface area contributed by atoms with Crippen LogP contribution in [0.15, 0.2) is 36.2 Å².